The molecule has 0 spiro atoms. The van der Waals surface area contributed by atoms with Gasteiger partial charge in [-0.05, 0) is 45.9 Å². The summed E-state index contributed by atoms with van der Waals surface area (Å²) in [6.45, 7) is 1.05. The highest BCUT2D eigenvalue weighted by Gasteiger charge is 2.09. The van der Waals surface area contributed by atoms with Crippen molar-refractivity contribution in [1.82, 2.24) is 5.32 Å². The smallest absolute Gasteiger partial charge is 0.252 e. The van der Waals surface area contributed by atoms with Crippen LogP contribution in [0.25, 0.3) is 0 Å². The molecule has 0 bridgehead atoms. The lowest BCUT2D eigenvalue weighted by Crippen LogP contribution is -2.24. The van der Waals surface area contributed by atoms with Crippen LogP contribution in [0.3, 0.4) is 0 Å². The Kier molecular flexibility index (Phi) is 5.55. The van der Waals surface area contributed by atoms with Gasteiger partial charge in [-0.2, -0.15) is 0 Å². The number of methoxy groups -OCH3 is 1. The molecule has 0 aliphatic heterocycles. The van der Waals surface area contributed by atoms with Crippen LogP contribution < -0.4 is 5.32 Å². The Bertz CT molecular complexity index is 599. The van der Waals surface area contributed by atoms with Gasteiger partial charge in [-0.3, -0.25) is 4.79 Å². The van der Waals surface area contributed by atoms with Gasteiger partial charge in [0.05, 0.1) is 12.2 Å². The number of carbonyl (C=O) groups is 1. The molecule has 104 valence electrons. The Morgan fingerprint density at radius 3 is 2.45 bits per heavy atom. The maximum atomic E-state index is 12.2. The summed E-state index contributed by atoms with van der Waals surface area (Å²) in [6.07, 6.45) is 0. The third kappa shape index (κ3) is 3.80. The maximum absolute atomic E-state index is 12.2. The van der Waals surface area contributed by atoms with Crippen LogP contribution in [0.5, 0.6) is 0 Å². The highest BCUT2D eigenvalue weighted by Crippen LogP contribution is 2.13. The number of amides is 1. The van der Waals surface area contributed by atoms with Crippen molar-refractivity contribution < 1.29 is 9.53 Å². The topological polar surface area (TPSA) is 38.3 Å². The third-order valence-electron chi connectivity index (χ3n) is 2.98. The van der Waals surface area contributed by atoms with E-state index >= 15 is 0 Å². The molecule has 0 radical (unpaired) electrons. The van der Waals surface area contributed by atoms with Crippen LogP contribution >= 0.6 is 22.6 Å². The van der Waals surface area contributed by atoms with Crippen molar-refractivity contribution in [2.75, 3.05) is 7.11 Å². The monoisotopic (exact) mass is 381 g/mol. The van der Waals surface area contributed by atoms with E-state index in [2.05, 4.69) is 27.9 Å². The first kappa shape index (κ1) is 15.0. The van der Waals surface area contributed by atoms with Gasteiger partial charge in [0.15, 0.2) is 0 Å². The molecule has 1 N–H and O–H groups in total. The largest absolute Gasteiger partial charge is 0.380 e. The molecule has 0 saturated heterocycles. The van der Waals surface area contributed by atoms with Gasteiger partial charge in [0, 0.05) is 17.2 Å². The van der Waals surface area contributed by atoms with Crippen LogP contribution in [0.1, 0.15) is 21.5 Å². The number of rotatable bonds is 5. The SMILES string of the molecule is COCc1ccccc1CNC(=O)c1ccccc1I. The maximum Gasteiger partial charge on any atom is 0.252 e. The van der Waals surface area contributed by atoms with Crippen molar-refractivity contribution in [3.8, 4) is 0 Å². The highest BCUT2D eigenvalue weighted by atomic mass is 127. The lowest BCUT2D eigenvalue weighted by Gasteiger charge is -2.10. The summed E-state index contributed by atoms with van der Waals surface area (Å²) in [5.41, 5.74) is 2.88. The van der Waals surface area contributed by atoms with Crippen LogP contribution in [0, 0.1) is 3.57 Å². The van der Waals surface area contributed by atoms with Gasteiger partial charge >= 0.3 is 0 Å². The number of carbonyl (C=O) groups excluding carboxylic acids is 1. The summed E-state index contributed by atoms with van der Waals surface area (Å²) in [4.78, 5) is 12.2. The molecular formula is C16H16INO2. The molecule has 0 atom stereocenters. The zero-order chi connectivity index (χ0) is 14.4. The summed E-state index contributed by atoms with van der Waals surface area (Å²) in [7, 11) is 1.67. The molecular weight excluding hydrogens is 365 g/mol. The zero-order valence-electron chi connectivity index (χ0n) is 11.2. The molecule has 2 rings (SSSR count). The van der Waals surface area contributed by atoms with E-state index in [1.807, 2.05) is 48.5 Å². The molecule has 0 unspecified atom stereocenters. The minimum atomic E-state index is -0.0535. The van der Waals surface area contributed by atoms with Crippen molar-refractivity contribution in [3.05, 3.63) is 68.8 Å². The van der Waals surface area contributed by atoms with E-state index in [1.54, 1.807) is 7.11 Å². The van der Waals surface area contributed by atoms with Gasteiger partial charge in [0.2, 0.25) is 0 Å². The number of nitrogens with one attached hydrogen (secondary N) is 1. The first-order valence-electron chi connectivity index (χ1n) is 6.31. The van der Waals surface area contributed by atoms with Gasteiger partial charge < -0.3 is 10.1 Å². The van der Waals surface area contributed by atoms with Gasteiger partial charge in [0.25, 0.3) is 5.91 Å². The summed E-state index contributed by atoms with van der Waals surface area (Å²) in [5, 5.41) is 2.96. The molecule has 2 aromatic rings. The van der Waals surface area contributed by atoms with E-state index in [0.717, 1.165) is 14.7 Å². The number of hydrogen-bond donors (Lipinski definition) is 1. The summed E-state index contributed by atoms with van der Waals surface area (Å²) in [6, 6.07) is 15.5. The van der Waals surface area contributed by atoms with Crippen molar-refractivity contribution in [2.45, 2.75) is 13.2 Å². The van der Waals surface area contributed by atoms with Crippen molar-refractivity contribution in [2.24, 2.45) is 0 Å². The summed E-state index contributed by atoms with van der Waals surface area (Å²) in [5.74, 6) is -0.0535. The second-order valence-corrected chi connectivity index (χ2v) is 5.53. The Labute approximate surface area is 132 Å². The van der Waals surface area contributed by atoms with Gasteiger partial charge in [-0.1, -0.05) is 36.4 Å². The standard InChI is InChI=1S/C16H16INO2/c1-20-11-13-7-3-2-6-12(13)10-18-16(19)14-8-4-5-9-15(14)17/h2-9H,10-11H2,1H3,(H,18,19). The summed E-state index contributed by atoms with van der Waals surface area (Å²) < 4.78 is 6.12. The van der Waals surface area contributed by atoms with Crippen LogP contribution in [0.15, 0.2) is 48.5 Å². The fourth-order valence-corrected chi connectivity index (χ4v) is 2.57. The fraction of sp³-hybridized carbons (Fsp3) is 0.188. The van der Waals surface area contributed by atoms with Crippen molar-refractivity contribution in [1.29, 1.82) is 0 Å². The van der Waals surface area contributed by atoms with E-state index in [9.17, 15) is 4.79 Å². The van der Waals surface area contributed by atoms with E-state index in [-0.39, 0.29) is 5.91 Å². The van der Waals surface area contributed by atoms with E-state index < -0.39 is 0 Å². The third-order valence-corrected chi connectivity index (χ3v) is 3.92. The van der Waals surface area contributed by atoms with Gasteiger partial charge in [0.1, 0.15) is 0 Å². The Balaban J connectivity index is 2.06. The highest BCUT2D eigenvalue weighted by molar-refractivity contribution is 14.1. The van der Waals surface area contributed by atoms with E-state index in [0.29, 0.717) is 18.7 Å². The van der Waals surface area contributed by atoms with Crippen molar-refractivity contribution >= 4 is 28.5 Å². The first-order valence-corrected chi connectivity index (χ1v) is 7.38. The number of hydrogen-bond acceptors (Lipinski definition) is 2. The molecule has 20 heavy (non-hydrogen) atoms. The zero-order valence-corrected chi connectivity index (χ0v) is 13.4. The molecule has 0 aliphatic rings. The fourth-order valence-electron chi connectivity index (χ4n) is 1.94. The number of ether oxygens (including phenoxy) is 1. The van der Waals surface area contributed by atoms with Gasteiger partial charge in [-0.25, -0.2) is 0 Å². The molecule has 4 heteroatoms. The lowest BCUT2D eigenvalue weighted by atomic mass is 10.1. The molecule has 1 amide bonds. The second-order valence-electron chi connectivity index (χ2n) is 4.36. The van der Waals surface area contributed by atoms with Crippen LogP contribution in [0.4, 0.5) is 0 Å². The second kappa shape index (κ2) is 7.40. The summed E-state index contributed by atoms with van der Waals surface area (Å²) >= 11 is 2.17. The van der Waals surface area contributed by atoms with E-state index in [4.69, 9.17) is 4.74 Å². The normalized spacial score (nSPS) is 10.3. The van der Waals surface area contributed by atoms with Crippen LogP contribution in [-0.2, 0) is 17.9 Å². The molecule has 0 heterocycles. The predicted octanol–water partition coefficient (Wildman–Crippen LogP) is 3.37. The Morgan fingerprint density at radius 1 is 1.10 bits per heavy atom. The molecule has 0 saturated carbocycles. The average Bonchev–Trinajstić information content (AvgIpc) is 2.47. The number of halogens is 1. The molecule has 0 aliphatic carbocycles. The number of benzene rings is 2. The van der Waals surface area contributed by atoms with Crippen molar-refractivity contribution in [3.63, 3.8) is 0 Å². The van der Waals surface area contributed by atoms with E-state index in [1.165, 1.54) is 0 Å². The molecule has 0 fully saturated rings. The quantitative estimate of drug-likeness (QED) is 0.807. The minimum Gasteiger partial charge on any atom is -0.380 e. The molecule has 0 aromatic heterocycles. The minimum absolute atomic E-state index is 0.0535. The average molecular weight is 381 g/mol. The lowest BCUT2D eigenvalue weighted by molar-refractivity contribution is 0.0949. The predicted molar refractivity (Wildman–Crippen MR) is 87.5 cm³/mol. The Hall–Kier alpha value is -1.40. The molecule has 2 aromatic carbocycles. The first-order chi connectivity index (χ1) is 9.72. The van der Waals surface area contributed by atoms with Crippen LogP contribution in [-0.4, -0.2) is 13.0 Å². The van der Waals surface area contributed by atoms with Crippen LogP contribution in [0.2, 0.25) is 0 Å². The molecule has 3 nitrogen and oxygen atoms in total. The Morgan fingerprint density at radius 2 is 1.75 bits per heavy atom. The van der Waals surface area contributed by atoms with Gasteiger partial charge in [-0.15, -0.1) is 0 Å².